The third-order valence-electron chi connectivity index (χ3n) is 2.92. The van der Waals surface area contributed by atoms with Gasteiger partial charge in [-0.15, -0.1) is 0 Å². The minimum atomic E-state index is 0.388. The molecule has 0 saturated heterocycles. The Morgan fingerprint density at radius 2 is 2.00 bits per heavy atom. The highest BCUT2D eigenvalue weighted by atomic mass is 16.5. The monoisotopic (exact) mass is 217 g/mol. The van der Waals surface area contributed by atoms with E-state index in [0.717, 1.165) is 6.61 Å². The van der Waals surface area contributed by atoms with E-state index in [2.05, 4.69) is 37.4 Å². The molecular weight excluding hydrogens is 198 g/mol. The van der Waals surface area contributed by atoms with Crippen molar-refractivity contribution in [1.82, 2.24) is 5.32 Å². The van der Waals surface area contributed by atoms with Gasteiger partial charge in [0, 0.05) is 6.04 Å². The molecule has 2 atom stereocenters. The summed E-state index contributed by atoms with van der Waals surface area (Å²) in [4.78, 5) is 0. The van der Waals surface area contributed by atoms with Crippen molar-refractivity contribution in [3.05, 3.63) is 47.5 Å². The van der Waals surface area contributed by atoms with Crippen LogP contribution in [0.3, 0.4) is 0 Å². The summed E-state index contributed by atoms with van der Waals surface area (Å²) >= 11 is 0. The van der Waals surface area contributed by atoms with Crippen molar-refractivity contribution in [2.75, 3.05) is 6.61 Å². The van der Waals surface area contributed by atoms with E-state index >= 15 is 0 Å². The Morgan fingerprint density at radius 1 is 1.25 bits per heavy atom. The Bertz CT molecular complexity index is 358. The van der Waals surface area contributed by atoms with E-state index in [-0.39, 0.29) is 0 Å². The van der Waals surface area contributed by atoms with Crippen molar-refractivity contribution in [3.63, 3.8) is 0 Å². The molecule has 1 aliphatic heterocycles. The van der Waals surface area contributed by atoms with Gasteiger partial charge in [-0.1, -0.05) is 42.0 Å². The fourth-order valence-electron chi connectivity index (χ4n) is 2.06. The molecule has 2 heteroatoms. The van der Waals surface area contributed by atoms with E-state index in [0.29, 0.717) is 18.7 Å². The van der Waals surface area contributed by atoms with E-state index in [4.69, 9.17) is 4.74 Å². The smallest absolute Gasteiger partial charge is 0.0717 e. The molecule has 1 aromatic rings. The molecule has 86 valence electrons. The first-order chi connectivity index (χ1) is 7.75. The Labute approximate surface area is 97.3 Å². The van der Waals surface area contributed by atoms with Crippen LogP contribution in [0.1, 0.15) is 19.4 Å². The highest BCUT2D eigenvalue weighted by molar-refractivity contribution is 5.18. The van der Waals surface area contributed by atoms with Crippen molar-refractivity contribution >= 4 is 0 Å². The fraction of sp³-hybridized carbons (Fsp3) is 0.429. The molecule has 2 nitrogen and oxygen atoms in total. The van der Waals surface area contributed by atoms with Crippen LogP contribution in [0.2, 0.25) is 0 Å². The lowest BCUT2D eigenvalue weighted by Gasteiger charge is -2.14. The summed E-state index contributed by atoms with van der Waals surface area (Å²) in [7, 11) is 0. The summed E-state index contributed by atoms with van der Waals surface area (Å²) < 4.78 is 5.72. The second-order valence-electron chi connectivity index (χ2n) is 4.42. The number of nitrogens with one attached hydrogen (secondary N) is 1. The molecule has 2 rings (SSSR count). The van der Waals surface area contributed by atoms with Gasteiger partial charge in [-0.25, -0.2) is 0 Å². The quantitative estimate of drug-likeness (QED) is 0.782. The van der Waals surface area contributed by atoms with E-state index in [1.807, 2.05) is 18.2 Å². The predicted molar refractivity (Wildman–Crippen MR) is 66.2 cm³/mol. The summed E-state index contributed by atoms with van der Waals surface area (Å²) in [5, 5.41) is 3.47. The molecule has 0 spiro atoms. The zero-order chi connectivity index (χ0) is 11.4. The first-order valence-electron chi connectivity index (χ1n) is 5.82. The summed E-state index contributed by atoms with van der Waals surface area (Å²) in [5.74, 6) is 0. The average Bonchev–Trinajstić information content (AvgIpc) is 2.59. The molecule has 0 aromatic heterocycles. The van der Waals surface area contributed by atoms with Crippen molar-refractivity contribution < 1.29 is 4.74 Å². The van der Waals surface area contributed by atoms with Gasteiger partial charge in [0.15, 0.2) is 0 Å². The van der Waals surface area contributed by atoms with Gasteiger partial charge in [0.25, 0.3) is 0 Å². The van der Waals surface area contributed by atoms with Gasteiger partial charge in [-0.05, 0) is 19.4 Å². The highest BCUT2D eigenvalue weighted by Crippen LogP contribution is 2.13. The van der Waals surface area contributed by atoms with Gasteiger partial charge in [0.2, 0.25) is 0 Å². The zero-order valence-corrected chi connectivity index (χ0v) is 9.94. The lowest BCUT2D eigenvalue weighted by Crippen LogP contribution is -2.33. The van der Waals surface area contributed by atoms with Crippen LogP contribution in [0.5, 0.6) is 0 Å². The van der Waals surface area contributed by atoms with Crippen molar-refractivity contribution in [3.8, 4) is 0 Å². The van der Waals surface area contributed by atoms with Gasteiger partial charge in [-0.3, -0.25) is 0 Å². The Morgan fingerprint density at radius 3 is 2.62 bits per heavy atom. The Balaban J connectivity index is 1.75. The number of ether oxygens (including phenoxy) is 1. The van der Waals surface area contributed by atoms with Gasteiger partial charge in [-0.2, -0.15) is 0 Å². The number of benzene rings is 1. The van der Waals surface area contributed by atoms with Crippen LogP contribution in [0.15, 0.2) is 42.0 Å². The second kappa shape index (κ2) is 5.28. The number of hydrogen-bond donors (Lipinski definition) is 1. The van der Waals surface area contributed by atoms with Gasteiger partial charge < -0.3 is 10.1 Å². The number of rotatable bonds is 4. The first-order valence-corrected chi connectivity index (χ1v) is 5.82. The minimum absolute atomic E-state index is 0.388. The van der Waals surface area contributed by atoms with Crippen LogP contribution in [-0.2, 0) is 11.3 Å². The van der Waals surface area contributed by atoms with Crippen LogP contribution < -0.4 is 5.32 Å². The van der Waals surface area contributed by atoms with Gasteiger partial charge >= 0.3 is 0 Å². The summed E-state index contributed by atoms with van der Waals surface area (Å²) in [6, 6.07) is 11.2. The largest absolute Gasteiger partial charge is 0.375 e. The third-order valence-corrected chi connectivity index (χ3v) is 2.92. The van der Waals surface area contributed by atoms with Crippen LogP contribution in [0.25, 0.3) is 0 Å². The predicted octanol–water partition coefficient (Wildman–Crippen LogP) is 2.51. The number of hydrogen-bond acceptors (Lipinski definition) is 2. The maximum atomic E-state index is 5.72. The van der Waals surface area contributed by atoms with Gasteiger partial charge in [0.05, 0.1) is 19.3 Å². The fourth-order valence-corrected chi connectivity index (χ4v) is 2.06. The SMILES string of the molecule is CC1=C[C@H](C)N[C@H]1COCc1ccccc1. The van der Waals surface area contributed by atoms with Crippen LogP contribution in [0.4, 0.5) is 0 Å². The molecule has 0 saturated carbocycles. The molecule has 1 heterocycles. The van der Waals surface area contributed by atoms with Crippen LogP contribution in [-0.4, -0.2) is 18.7 Å². The van der Waals surface area contributed by atoms with Crippen molar-refractivity contribution in [2.24, 2.45) is 0 Å². The van der Waals surface area contributed by atoms with E-state index in [1.54, 1.807) is 0 Å². The molecule has 1 aliphatic rings. The van der Waals surface area contributed by atoms with Gasteiger partial charge in [0.1, 0.15) is 0 Å². The Hall–Kier alpha value is -1.12. The topological polar surface area (TPSA) is 21.3 Å². The van der Waals surface area contributed by atoms with Crippen molar-refractivity contribution in [1.29, 1.82) is 0 Å². The zero-order valence-electron chi connectivity index (χ0n) is 9.94. The first kappa shape index (κ1) is 11.4. The molecule has 1 N–H and O–H groups in total. The maximum Gasteiger partial charge on any atom is 0.0717 e. The molecule has 0 fully saturated rings. The lowest BCUT2D eigenvalue weighted by molar-refractivity contribution is 0.108. The highest BCUT2D eigenvalue weighted by Gasteiger charge is 2.19. The third kappa shape index (κ3) is 2.94. The molecular formula is C14H19NO. The van der Waals surface area contributed by atoms with E-state index in [1.165, 1.54) is 11.1 Å². The maximum absolute atomic E-state index is 5.72. The van der Waals surface area contributed by atoms with Crippen LogP contribution >= 0.6 is 0 Å². The summed E-state index contributed by atoms with van der Waals surface area (Å²) in [5.41, 5.74) is 2.62. The van der Waals surface area contributed by atoms with E-state index in [9.17, 15) is 0 Å². The standard InChI is InChI=1S/C14H19NO/c1-11-8-12(2)15-14(11)10-16-9-13-6-4-3-5-7-13/h3-8,12,14-15H,9-10H2,1-2H3/t12-,14-/m0/s1. The summed E-state index contributed by atoms with van der Waals surface area (Å²) in [6.07, 6.45) is 2.26. The molecule has 1 aromatic carbocycles. The molecule has 16 heavy (non-hydrogen) atoms. The normalized spacial score (nSPS) is 24.5. The Kier molecular flexibility index (Phi) is 3.75. The molecule has 0 amide bonds. The molecule has 0 bridgehead atoms. The van der Waals surface area contributed by atoms with Crippen molar-refractivity contribution in [2.45, 2.75) is 32.5 Å². The van der Waals surface area contributed by atoms with Crippen LogP contribution in [0, 0.1) is 0 Å². The minimum Gasteiger partial charge on any atom is -0.375 e. The van der Waals surface area contributed by atoms with E-state index < -0.39 is 0 Å². The second-order valence-corrected chi connectivity index (χ2v) is 4.42. The molecule has 0 aliphatic carbocycles. The lowest BCUT2D eigenvalue weighted by atomic mass is 10.2. The average molecular weight is 217 g/mol. The molecule has 0 radical (unpaired) electrons. The molecule has 0 unspecified atom stereocenters. The summed E-state index contributed by atoms with van der Waals surface area (Å²) in [6.45, 7) is 5.77.